The number of aryl methyl sites for hydroxylation is 1. The number of aromatic nitrogens is 1. The first-order valence-electron chi connectivity index (χ1n) is 12.7. The number of imide groups is 2. The average Bonchev–Trinajstić information content (AvgIpc) is 3.25. The van der Waals surface area contributed by atoms with Gasteiger partial charge in [-0.25, -0.2) is 9.69 Å². The van der Waals surface area contributed by atoms with E-state index in [-0.39, 0.29) is 5.57 Å². The molecule has 1 fully saturated rings. The number of carbonyl (C=O) groups excluding carboxylic acids is 3. The number of ether oxygens (including phenoxy) is 1. The van der Waals surface area contributed by atoms with Crippen molar-refractivity contribution in [3.8, 4) is 5.75 Å². The van der Waals surface area contributed by atoms with Gasteiger partial charge in [-0.05, 0) is 66.4 Å². The number of halogens is 1. The summed E-state index contributed by atoms with van der Waals surface area (Å²) in [6.45, 7) is 7.32. The summed E-state index contributed by atoms with van der Waals surface area (Å²) in [7, 11) is 0. The zero-order chi connectivity index (χ0) is 27.7. The Hall–Kier alpha value is -4.36. The molecule has 0 bridgehead atoms. The van der Waals surface area contributed by atoms with Crippen molar-refractivity contribution < 1.29 is 19.1 Å². The standard InChI is InChI=1S/C31H28ClN3O4/c1-19(2)24-13-8-20(3)16-28(24)39-15-14-34-18-21(25-6-4-5-7-27(25)34)17-26-29(36)33-31(38)35(30(26)37)23-11-9-22(32)10-12-23/h4-13,16-19H,14-15H2,1-3H3,(H,33,36,38). The minimum atomic E-state index is -0.805. The fraction of sp³-hybridized carbons (Fsp3) is 0.194. The molecule has 0 unspecified atom stereocenters. The van der Waals surface area contributed by atoms with Crippen LogP contribution < -0.4 is 15.0 Å². The Morgan fingerprint density at radius 3 is 2.49 bits per heavy atom. The van der Waals surface area contributed by atoms with Crippen LogP contribution in [0.15, 0.2) is 78.5 Å². The predicted octanol–water partition coefficient (Wildman–Crippen LogP) is 6.47. The van der Waals surface area contributed by atoms with Crippen LogP contribution in [0.4, 0.5) is 10.5 Å². The van der Waals surface area contributed by atoms with Gasteiger partial charge >= 0.3 is 6.03 Å². The summed E-state index contributed by atoms with van der Waals surface area (Å²) in [6, 6.07) is 19.5. The van der Waals surface area contributed by atoms with E-state index in [1.54, 1.807) is 24.3 Å². The fourth-order valence-electron chi connectivity index (χ4n) is 4.71. The molecule has 8 heteroatoms. The van der Waals surface area contributed by atoms with Crippen LogP contribution in [-0.2, 0) is 16.1 Å². The van der Waals surface area contributed by atoms with E-state index in [1.165, 1.54) is 6.08 Å². The van der Waals surface area contributed by atoms with E-state index >= 15 is 0 Å². The van der Waals surface area contributed by atoms with E-state index in [2.05, 4.69) is 37.4 Å². The van der Waals surface area contributed by atoms with E-state index in [4.69, 9.17) is 16.3 Å². The third-order valence-electron chi connectivity index (χ3n) is 6.69. The van der Waals surface area contributed by atoms with E-state index in [9.17, 15) is 14.4 Å². The van der Waals surface area contributed by atoms with Gasteiger partial charge in [0.2, 0.25) is 0 Å². The number of nitrogens with zero attached hydrogens (tertiary/aromatic N) is 2. The summed E-state index contributed by atoms with van der Waals surface area (Å²) in [4.78, 5) is 39.5. The van der Waals surface area contributed by atoms with Gasteiger partial charge in [0.15, 0.2) is 0 Å². The molecule has 198 valence electrons. The molecule has 4 amide bonds. The van der Waals surface area contributed by atoms with Crippen molar-refractivity contribution in [2.45, 2.75) is 33.2 Å². The normalized spacial score (nSPS) is 14.9. The van der Waals surface area contributed by atoms with Gasteiger partial charge in [-0.3, -0.25) is 14.9 Å². The minimum absolute atomic E-state index is 0.134. The molecule has 7 nitrogen and oxygen atoms in total. The molecule has 1 aliphatic heterocycles. The maximum Gasteiger partial charge on any atom is 0.335 e. The number of barbiturate groups is 1. The molecule has 2 heterocycles. The highest BCUT2D eigenvalue weighted by Gasteiger charge is 2.37. The Labute approximate surface area is 231 Å². The van der Waals surface area contributed by atoms with Crippen molar-refractivity contribution >= 4 is 52.1 Å². The summed E-state index contributed by atoms with van der Waals surface area (Å²) in [6.07, 6.45) is 3.42. The number of urea groups is 1. The van der Waals surface area contributed by atoms with Crippen molar-refractivity contribution in [1.82, 2.24) is 9.88 Å². The number of fused-ring (bicyclic) bond motifs is 1. The lowest BCUT2D eigenvalue weighted by Gasteiger charge is -2.26. The Bertz CT molecular complexity index is 1620. The predicted molar refractivity (Wildman–Crippen MR) is 153 cm³/mol. The largest absolute Gasteiger partial charge is 0.491 e. The summed E-state index contributed by atoms with van der Waals surface area (Å²) in [5.74, 6) is -0.229. The number of carbonyl (C=O) groups is 3. The molecule has 0 spiro atoms. The first kappa shape index (κ1) is 26.3. The van der Waals surface area contributed by atoms with Crippen LogP contribution in [-0.4, -0.2) is 29.0 Å². The third-order valence-corrected chi connectivity index (χ3v) is 6.94. The van der Waals surface area contributed by atoms with E-state index in [0.29, 0.717) is 35.3 Å². The lowest BCUT2D eigenvalue weighted by molar-refractivity contribution is -0.122. The maximum atomic E-state index is 13.3. The zero-order valence-corrected chi connectivity index (χ0v) is 22.7. The van der Waals surface area contributed by atoms with Gasteiger partial charge in [-0.15, -0.1) is 0 Å². The third kappa shape index (κ3) is 5.31. The number of anilines is 1. The number of nitrogens with one attached hydrogen (secondary N) is 1. The van der Waals surface area contributed by atoms with Crippen LogP contribution in [0.25, 0.3) is 17.0 Å². The van der Waals surface area contributed by atoms with Crippen molar-refractivity contribution in [1.29, 1.82) is 0 Å². The first-order valence-corrected chi connectivity index (χ1v) is 13.1. The molecule has 0 radical (unpaired) electrons. The summed E-state index contributed by atoms with van der Waals surface area (Å²) in [5, 5.41) is 3.61. The molecule has 1 aromatic heterocycles. The number of amides is 4. The molecule has 0 saturated carbocycles. The van der Waals surface area contributed by atoms with Gasteiger partial charge in [0.1, 0.15) is 17.9 Å². The van der Waals surface area contributed by atoms with Crippen LogP contribution in [0.3, 0.4) is 0 Å². The van der Waals surface area contributed by atoms with Gasteiger partial charge in [0.25, 0.3) is 11.8 Å². The molecule has 1 N–H and O–H groups in total. The number of para-hydroxylation sites is 1. The first-order chi connectivity index (χ1) is 18.7. The molecule has 0 atom stereocenters. The maximum absolute atomic E-state index is 13.3. The molecule has 39 heavy (non-hydrogen) atoms. The van der Waals surface area contributed by atoms with Gasteiger partial charge < -0.3 is 9.30 Å². The highest BCUT2D eigenvalue weighted by Crippen LogP contribution is 2.29. The lowest BCUT2D eigenvalue weighted by Crippen LogP contribution is -2.54. The van der Waals surface area contributed by atoms with E-state index < -0.39 is 17.8 Å². The lowest BCUT2D eigenvalue weighted by atomic mass is 10.0. The SMILES string of the molecule is Cc1ccc(C(C)C)c(OCCn2cc(C=C3C(=O)NC(=O)N(c4ccc(Cl)cc4)C3=O)c3ccccc32)c1. The molecule has 0 aliphatic carbocycles. The van der Waals surface area contributed by atoms with Crippen LogP contribution in [0.1, 0.15) is 36.5 Å². The number of rotatable bonds is 7. The summed E-state index contributed by atoms with van der Waals surface area (Å²) < 4.78 is 8.24. The Morgan fingerprint density at radius 1 is 1.00 bits per heavy atom. The Morgan fingerprint density at radius 2 is 1.74 bits per heavy atom. The summed E-state index contributed by atoms with van der Waals surface area (Å²) >= 11 is 5.96. The van der Waals surface area contributed by atoms with Gasteiger partial charge in [0, 0.05) is 27.7 Å². The minimum Gasteiger partial charge on any atom is -0.491 e. The number of hydrogen-bond donors (Lipinski definition) is 1. The van der Waals surface area contributed by atoms with Gasteiger partial charge in [-0.2, -0.15) is 0 Å². The second-order valence-electron chi connectivity index (χ2n) is 9.77. The second kappa shape index (κ2) is 10.8. The molecule has 1 aliphatic rings. The smallest absolute Gasteiger partial charge is 0.335 e. The highest BCUT2D eigenvalue weighted by molar-refractivity contribution is 6.39. The van der Waals surface area contributed by atoms with E-state index in [1.807, 2.05) is 42.0 Å². The number of hydrogen-bond acceptors (Lipinski definition) is 4. The van der Waals surface area contributed by atoms with Crippen molar-refractivity contribution in [2.75, 3.05) is 11.5 Å². The molecule has 4 aromatic rings. The van der Waals surface area contributed by atoms with Crippen molar-refractivity contribution in [2.24, 2.45) is 0 Å². The van der Waals surface area contributed by atoms with Crippen molar-refractivity contribution in [3.05, 3.63) is 100 Å². The molecule has 1 saturated heterocycles. The highest BCUT2D eigenvalue weighted by atomic mass is 35.5. The van der Waals surface area contributed by atoms with Crippen LogP contribution in [0, 0.1) is 6.92 Å². The topological polar surface area (TPSA) is 80.6 Å². The van der Waals surface area contributed by atoms with Crippen LogP contribution in [0.5, 0.6) is 5.75 Å². The van der Waals surface area contributed by atoms with Crippen molar-refractivity contribution in [3.63, 3.8) is 0 Å². The number of benzene rings is 3. The zero-order valence-electron chi connectivity index (χ0n) is 21.9. The average molecular weight is 542 g/mol. The van der Waals surface area contributed by atoms with E-state index in [0.717, 1.165) is 32.7 Å². The van der Waals surface area contributed by atoms with Gasteiger partial charge in [-0.1, -0.05) is 55.8 Å². The Kier molecular flexibility index (Phi) is 7.26. The van der Waals surface area contributed by atoms with Gasteiger partial charge in [0.05, 0.1) is 12.2 Å². The monoisotopic (exact) mass is 541 g/mol. The Balaban J connectivity index is 1.44. The molecular formula is C31H28ClN3O4. The quantitative estimate of drug-likeness (QED) is 0.215. The second-order valence-corrected chi connectivity index (χ2v) is 10.2. The molecule has 5 rings (SSSR count). The van der Waals surface area contributed by atoms with Crippen LogP contribution in [0.2, 0.25) is 5.02 Å². The molecular weight excluding hydrogens is 514 g/mol. The van der Waals surface area contributed by atoms with Crippen LogP contribution >= 0.6 is 11.6 Å². The fourth-order valence-corrected chi connectivity index (χ4v) is 4.84. The summed E-state index contributed by atoms with van der Waals surface area (Å²) in [5.41, 5.74) is 4.10. The molecule has 3 aromatic carbocycles.